The molecule has 1 aliphatic heterocycles. The van der Waals surface area contributed by atoms with Gasteiger partial charge < -0.3 is 14.2 Å². The molecule has 0 amide bonds. The van der Waals surface area contributed by atoms with Crippen LogP contribution < -0.4 is 14.2 Å². The molecule has 0 spiro atoms. The first kappa shape index (κ1) is 15.2. The Kier molecular flexibility index (Phi) is 3.51. The van der Waals surface area contributed by atoms with Crippen LogP contribution in [0.2, 0.25) is 0 Å². The highest BCUT2D eigenvalue weighted by Gasteiger charge is 2.31. The minimum atomic E-state index is -0.294. The second-order valence-corrected chi connectivity index (χ2v) is 6.48. The van der Waals surface area contributed by atoms with E-state index < -0.39 is 0 Å². The SMILES string of the molecule is CC(Oc1ccc2c(c1)OCO2)c1nc(C2CC2)nn1-c1ccccn1. The Labute approximate surface area is 150 Å². The smallest absolute Gasteiger partial charge is 0.231 e. The zero-order valence-electron chi connectivity index (χ0n) is 14.3. The molecule has 7 nitrogen and oxygen atoms in total. The van der Waals surface area contributed by atoms with Gasteiger partial charge in [0.1, 0.15) is 5.75 Å². The summed E-state index contributed by atoms with van der Waals surface area (Å²) in [5.74, 6) is 4.93. The number of fused-ring (bicyclic) bond motifs is 1. The molecule has 2 aromatic heterocycles. The van der Waals surface area contributed by atoms with Crippen molar-refractivity contribution in [3.05, 3.63) is 54.2 Å². The molecule has 3 aromatic rings. The molecule has 26 heavy (non-hydrogen) atoms. The molecule has 1 saturated carbocycles. The quantitative estimate of drug-likeness (QED) is 0.702. The van der Waals surface area contributed by atoms with Gasteiger partial charge in [-0.25, -0.2) is 9.97 Å². The van der Waals surface area contributed by atoms with E-state index in [9.17, 15) is 0 Å². The van der Waals surface area contributed by atoms with E-state index in [0.29, 0.717) is 17.4 Å². The predicted octanol–water partition coefficient (Wildman–Crippen LogP) is 3.41. The van der Waals surface area contributed by atoms with Gasteiger partial charge in [-0.2, -0.15) is 4.68 Å². The molecular formula is C19H18N4O3. The van der Waals surface area contributed by atoms with Crippen LogP contribution in [0.15, 0.2) is 42.6 Å². The number of aromatic nitrogens is 4. The summed E-state index contributed by atoms with van der Waals surface area (Å²) in [7, 11) is 0. The number of pyridine rings is 1. The van der Waals surface area contributed by atoms with Gasteiger partial charge in [-0.1, -0.05) is 6.07 Å². The molecule has 1 atom stereocenters. The molecule has 1 fully saturated rings. The van der Waals surface area contributed by atoms with Gasteiger partial charge in [-0.3, -0.25) is 0 Å². The van der Waals surface area contributed by atoms with E-state index in [1.54, 1.807) is 10.9 Å². The fraction of sp³-hybridized carbons (Fsp3) is 0.316. The lowest BCUT2D eigenvalue weighted by Gasteiger charge is -2.15. The standard InChI is InChI=1S/C19H18N4O3/c1-12(26-14-7-8-15-16(10-14)25-11-24-15)19-21-18(13-5-6-13)22-23(19)17-4-2-3-9-20-17/h2-4,7-10,12-13H,5-6,11H2,1H3. The molecule has 0 saturated heterocycles. The zero-order valence-corrected chi connectivity index (χ0v) is 14.3. The number of rotatable bonds is 5. The van der Waals surface area contributed by atoms with Crippen LogP contribution in [0.1, 0.15) is 43.4 Å². The molecule has 1 unspecified atom stereocenters. The van der Waals surface area contributed by atoms with Crippen LogP contribution in [0.3, 0.4) is 0 Å². The number of hydrogen-bond donors (Lipinski definition) is 0. The summed E-state index contributed by atoms with van der Waals surface area (Å²) in [6, 6.07) is 11.3. The first-order chi connectivity index (χ1) is 12.8. The van der Waals surface area contributed by atoms with Gasteiger partial charge in [0, 0.05) is 18.2 Å². The Morgan fingerprint density at radius 1 is 1.15 bits per heavy atom. The summed E-state index contributed by atoms with van der Waals surface area (Å²) in [5, 5.41) is 4.68. The lowest BCUT2D eigenvalue weighted by atomic mass is 10.3. The van der Waals surface area contributed by atoms with E-state index in [2.05, 4.69) is 10.1 Å². The van der Waals surface area contributed by atoms with Gasteiger partial charge in [-0.05, 0) is 44.0 Å². The summed E-state index contributed by atoms with van der Waals surface area (Å²) in [4.78, 5) is 9.16. The van der Waals surface area contributed by atoms with E-state index in [1.165, 1.54) is 0 Å². The number of ether oxygens (including phenoxy) is 3. The van der Waals surface area contributed by atoms with Crippen LogP contribution in [0.4, 0.5) is 0 Å². The highest BCUT2D eigenvalue weighted by molar-refractivity contribution is 5.47. The molecule has 1 aromatic carbocycles. The van der Waals surface area contributed by atoms with Crippen molar-refractivity contribution >= 4 is 0 Å². The minimum absolute atomic E-state index is 0.243. The maximum Gasteiger partial charge on any atom is 0.231 e. The molecule has 0 radical (unpaired) electrons. The van der Waals surface area contributed by atoms with Crippen molar-refractivity contribution < 1.29 is 14.2 Å². The van der Waals surface area contributed by atoms with Gasteiger partial charge in [0.25, 0.3) is 0 Å². The third-order valence-corrected chi connectivity index (χ3v) is 4.48. The number of benzene rings is 1. The molecule has 0 bridgehead atoms. The summed E-state index contributed by atoms with van der Waals surface area (Å²) >= 11 is 0. The first-order valence-corrected chi connectivity index (χ1v) is 8.72. The average molecular weight is 350 g/mol. The lowest BCUT2D eigenvalue weighted by molar-refractivity contribution is 0.173. The highest BCUT2D eigenvalue weighted by atomic mass is 16.7. The molecule has 7 heteroatoms. The van der Waals surface area contributed by atoms with Gasteiger partial charge in [-0.15, -0.1) is 5.10 Å². The maximum absolute atomic E-state index is 6.11. The summed E-state index contributed by atoms with van der Waals surface area (Å²) < 4.78 is 18.7. The van der Waals surface area contributed by atoms with Crippen LogP contribution >= 0.6 is 0 Å². The van der Waals surface area contributed by atoms with Crippen molar-refractivity contribution in [1.29, 1.82) is 0 Å². The van der Waals surface area contributed by atoms with E-state index in [0.717, 1.165) is 36.1 Å². The Hall–Kier alpha value is -3.09. The Balaban J connectivity index is 1.46. The molecular weight excluding hydrogens is 332 g/mol. The molecule has 5 rings (SSSR count). The van der Waals surface area contributed by atoms with Crippen LogP contribution in [-0.4, -0.2) is 26.5 Å². The predicted molar refractivity (Wildman–Crippen MR) is 92.7 cm³/mol. The van der Waals surface area contributed by atoms with E-state index in [4.69, 9.17) is 19.2 Å². The van der Waals surface area contributed by atoms with Crippen molar-refractivity contribution in [3.63, 3.8) is 0 Å². The largest absolute Gasteiger partial charge is 0.483 e. The van der Waals surface area contributed by atoms with Crippen LogP contribution in [0.5, 0.6) is 17.2 Å². The van der Waals surface area contributed by atoms with E-state index in [-0.39, 0.29) is 12.9 Å². The van der Waals surface area contributed by atoms with Crippen LogP contribution in [-0.2, 0) is 0 Å². The van der Waals surface area contributed by atoms with Crippen molar-refractivity contribution in [2.75, 3.05) is 6.79 Å². The number of nitrogens with zero attached hydrogens (tertiary/aromatic N) is 4. The summed E-state index contributed by atoms with van der Waals surface area (Å²) in [6.45, 7) is 2.21. The van der Waals surface area contributed by atoms with Crippen molar-refractivity contribution in [1.82, 2.24) is 19.7 Å². The minimum Gasteiger partial charge on any atom is -0.483 e. The average Bonchev–Trinajstić information content (AvgIpc) is 3.25. The van der Waals surface area contributed by atoms with Gasteiger partial charge in [0.15, 0.2) is 35.1 Å². The van der Waals surface area contributed by atoms with E-state index >= 15 is 0 Å². The second kappa shape index (κ2) is 6.01. The van der Waals surface area contributed by atoms with Crippen LogP contribution in [0, 0.1) is 0 Å². The Morgan fingerprint density at radius 3 is 2.85 bits per heavy atom. The van der Waals surface area contributed by atoms with Crippen molar-refractivity contribution in [2.45, 2.75) is 31.8 Å². The van der Waals surface area contributed by atoms with Crippen molar-refractivity contribution in [3.8, 4) is 23.1 Å². The third kappa shape index (κ3) is 2.75. The monoisotopic (exact) mass is 350 g/mol. The molecule has 132 valence electrons. The van der Waals surface area contributed by atoms with E-state index in [1.807, 2.05) is 43.3 Å². The Bertz CT molecular complexity index is 937. The van der Waals surface area contributed by atoms with Crippen molar-refractivity contribution in [2.24, 2.45) is 0 Å². The lowest BCUT2D eigenvalue weighted by Crippen LogP contribution is -2.12. The fourth-order valence-corrected chi connectivity index (χ4v) is 2.97. The summed E-state index contributed by atoms with van der Waals surface area (Å²) in [5.41, 5.74) is 0. The molecule has 0 N–H and O–H groups in total. The highest BCUT2D eigenvalue weighted by Crippen LogP contribution is 2.39. The maximum atomic E-state index is 6.11. The fourth-order valence-electron chi connectivity index (χ4n) is 2.97. The van der Waals surface area contributed by atoms with Gasteiger partial charge in [0.05, 0.1) is 0 Å². The zero-order chi connectivity index (χ0) is 17.5. The van der Waals surface area contributed by atoms with Gasteiger partial charge in [0.2, 0.25) is 6.79 Å². The second-order valence-electron chi connectivity index (χ2n) is 6.48. The summed E-state index contributed by atoms with van der Waals surface area (Å²) in [6.07, 6.45) is 3.74. The van der Waals surface area contributed by atoms with Gasteiger partial charge >= 0.3 is 0 Å². The molecule has 3 heterocycles. The normalized spacial score (nSPS) is 16.5. The first-order valence-electron chi connectivity index (χ1n) is 8.72. The molecule has 1 aliphatic carbocycles. The third-order valence-electron chi connectivity index (χ3n) is 4.48. The molecule has 2 aliphatic rings. The topological polar surface area (TPSA) is 71.3 Å². The van der Waals surface area contributed by atoms with Crippen LogP contribution in [0.25, 0.3) is 5.82 Å². The number of hydrogen-bond acceptors (Lipinski definition) is 6. The Morgan fingerprint density at radius 2 is 2.04 bits per heavy atom.